The molecular formula is C19H25FN4O. The molecule has 1 amide bonds. The van der Waals surface area contributed by atoms with Gasteiger partial charge in [0.15, 0.2) is 0 Å². The van der Waals surface area contributed by atoms with Gasteiger partial charge in [-0.3, -0.25) is 9.89 Å². The third kappa shape index (κ3) is 3.58. The summed E-state index contributed by atoms with van der Waals surface area (Å²) in [6, 6.07) is 8.62. The third-order valence-electron chi connectivity index (χ3n) is 4.98. The van der Waals surface area contributed by atoms with Crippen LogP contribution in [0, 0.1) is 5.82 Å². The average Bonchev–Trinajstić information content (AvgIpc) is 3.22. The van der Waals surface area contributed by atoms with Crippen molar-refractivity contribution in [2.75, 3.05) is 27.2 Å². The van der Waals surface area contributed by atoms with Gasteiger partial charge in [0.05, 0.1) is 0 Å². The topological polar surface area (TPSA) is 52.2 Å². The zero-order valence-electron chi connectivity index (χ0n) is 15.2. The average molecular weight is 344 g/mol. The van der Waals surface area contributed by atoms with Gasteiger partial charge in [0.2, 0.25) is 0 Å². The second kappa shape index (κ2) is 6.96. The van der Waals surface area contributed by atoms with Gasteiger partial charge in [-0.05, 0) is 43.8 Å². The molecule has 1 N–H and O–H groups in total. The smallest absolute Gasteiger partial charge is 0.274 e. The Morgan fingerprint density at radius 3 is 2.52 bits per heavy atom. The van der Waals surface area contributed by atoms with E-state index in [0.717, 1.165) is 11.3 Å². The van der Waals surface area contributed by atoms with Crippen LogP contribution < -0.4 is 0 Å². The standard InChI is InChI=1S/C19H25FN4O/c1-12(2)16-9-17(22-21-16)19(25)24-10-15(18(11-24)23(3)4)13-5-7-14(20)8-6-13/h5-9,12,15,18H,10-11H2,1-4H3,(H,21,22)/t15-,18+/m1/s1. The fourth-order valence-corrected chi connectivity index (χ4v) is 3.42. The summed E-state index contributed by atoms with van der Waals surface area (Å²) >= 11 is 0. The van der Waals surface area contributed by atoms with Crippen molar-refractivity contribution in [1.82, 2.24) is 20.0 Å². The first-order valence-corrected chi connectivity index (χ1v) is 8.63. The molecule has 3 rings (SSSR count). The second-order valence-corrected chi connectivity index (χ2v) is 7.26. The van der Waals surface area contributed by atoms with Crippen molar-refractivity contribution in [3.05, 3.63) is 53.1 Å². The summed E-state index contributed by atoms with van der Waals surface area (Å²) in [6.45, 7) is 5.36. The van der Waals surface area contributed by atoms with E-state index in [2.05, 4.69) is 28.9 Å². The van der Waals surface area contributed by atoms with Gasteiger partial charge >= 0.3 is 0 Å². The number of hydrogen-bond donors (Lipinski definition) is 1. The zero-order chi connectivity index (χ0) is 18.1. The first kappa shape index (κ1) is 17.6. The largest absolute Gasteiger partial charge is 0.335 e. The van der Waals surface area contributed by atoms with Crippen LogP contribution in [-0.2, 0) is 0 Å². The van der Waals surface area contributed by atoms with E-state index in [-0.39, 0.29) is 23.7 Å². The molecular weight excluding hydrogens is 319 g/mol. The number of benzene rings is 1. The molecule has 134 valence electrons. The Balaban J connectivity index is 1.81. The Morgan fingerprint density at radius 1 is 1.28 bits per heavy atom. The second-order valence-electron chi connectivity index (χ2n) is 7.26. The summed E-state index contributed by atoms with van der Waals surface area (Å²) in [7, 11) is 4.03. The molecule has 2 heterocycles. The minimum absolute atomic E-state index is 0.0559. The van der Waals surface area contributed by atoms with Crippen LogP contribution in [-0.4, -0.2) is 59.1 Å². The minimum Gasteiger partial charge on any atom is -0.335 e. The van der Waals surface area contributed by atoms with Crippen LogP contribution in [0.15, 0.2) is 30.3 Å². The Kier molecular flexibility index (Phi) is 4.90. The Morgan fingerprint density at radius 2 is 1.96 bits per heavy atom. The van der Waals surface area contributed by atoms with Crippen LogP contribution in [0.3, 0.4) is 0 Å². The highest BCUT2D eigenvalue weighted by molar-refractivity contribution is 5.92. The number of hydrogen-bond acceptors (Lipinski definition) is 3. The van der Waals surface area contributed by atoms with Crippen LogP contribution in [0.5, 0.6) is 0 Å². The van der Waals surface area contributed by atoms with E-state index in [0.29, 0.717) is 24.7 Å². The Labute approximate surface area is 147 Å². The molecule has 2 atom stereocenters. The summed E-state index contributed by atoms with van der Waals surface area (Å²) in [5, 5.41) is 7.12. The predicted molar refractivity (Wildman–Crippen MR) is 95.2 cm³/mol. The van der Waals surface area contributed by atoms with Gasteiger partial charge in [-0.1, -0.05) is 26.0 Å². The van der Waals surface area contributed by atoms with Crippen LogP contribution in [0.25, 0.3) is 0 Å². The molecule has 0 spiro atoms. The van der Waals surface area contributed by atoms with Crippen LogP contribution in [0.2, 0.25) is 0 Å². The molecule has 25 heavy (non-hydrogen) atoms. The zero-order valence-corrected chi connectivity index (χ0v) is 15.2. The first-order chi connectivity index (χ1) is 11.9. The van der Waals surface area contributed by atoms with Gasteiger partial charge in [-0.25, -0.2) is 4.39 Å². The number of likely N-dealkylation sites (tertiary alicyclic amines) is 1. The fraction of sp³-hybridized carbons (Fsp3) is 0.474. The lowest BCUT2D eigenvalue weighted by molar-refractivity contribution is 0.0776. The Bertz CT molecular complexity index is 738. The van der Waals surface area contributed by atoms with Crippen molar-refractivity contribution in [3.8, 4) is 0 Å². The molecule has 1 aliphatic heterocycles. The van der Waals surface area contributed by atoms with Crippen LogP contribution >= 0.6 is 0 Å². The van der Waals surface area contributed by atoms with Crippen LogP contribution in [0.4, 0.5) is 4.39 Å². The highest BCUT2D eigenvalue weighted by Gasteiger charge is 2.38. The normalized spacial score (nSPS) is 20.7. The molecule has 0 aliphatic carbocycles. The molecule has 0 radical (unpaired) electrons. The maximum atomic E-state index is 13.2. The van der Waals surface area contributed by atoms with E-state index >= 15 is 0 Å². The maximum Gasteiger partial charge on any atom is 0.274 e. The quantitative estimate of drug-likeness (QED) is 0.928. The Hall–Kier alpha value is -2.21. The van der Waals surface area contributed by atoms with Gasteiger partial charge in [-0.2, -0.15) is 5.10 Å². The van der Waals surface area contributed by atoms with E-state index in [1.54, 1.807) is 0 Å². The third-order valence-corrected chi connectivity index (χ3v) is 4.98. The lowest BCUT2D eigenvalue weighted by Crippen LogP contribution is -2.36. The first-order valence-electron chi connectivity index (χ1n) is 8.63. The number of aromatic nitrogens is 2. The van der Waals surface area contributed by atoms with E-state index in [9.17, 15) is 9.18 Å². The minimum atomic E-state index is -0.242. The van der Waals surface area contributed by atoms with Crippen molar-refractivity contribution in [2.24, 2.45) is 0 Å². The molecule has 5 nitrogen and oxygen atoms in total. The number of aromatic amines is 1. The van der Waals surface area contributed by atoms with Crippen molar-refractivity contribution in [3.63, 3.8) is 0 Å². The summed E-state index contributed by atoms with van der Waals surface area (Å²) < 4.78 is 13.2. The number of halogens is 1. The molecule has 0 unspecified atom stereocenters. The number of rotatable bonds is 4. The van der Waals surface area contributed by atoms with Gasteiger partial charge < -0.3 is 9.80 Å². The molecule has 1 aliphatic rings. The lowest BCUT2D eigenvalue weighted by atomic mass is 9.94. The number of nitrogens with one attached hydrogen (secondary N) is 1. The van der Waals surface area contributed by atoms with E-state index < -0.39 is 0 Å². The van der Waals surface area contributed by atoms with Gasteiger partial charge in [0, 0.05) is 30.7 Å². The van der Waals surface area contributed by atoms with Crippen LogP contribution in [0.1, 0.15) is 47.4 Å². The number of carbonyl (C=O) groups is 1. The number of nitrogens with zero attached hydrogens (tertiary/aromatic N) is 3. The maximum absolute atomic E-state index is 13.2. The molecule has 1 aromatic heterocycles. The van der Waals surface area contributed by atoms with Crippen molar-refractivity contribution < 1.29 is 9.18 Å². The van der Waals surface area contributed by atoms with E-state index in [4.69, 9.17) is 0 Å². The number of likely N-dealkylation sites (N-methyl/N-ethyl adjacent to an activating group) is 1. The number of amides is 1. The SMILES string of the molecule is CC(C)c1cc(C(=O)N2C[C@H](c3ccc(F)cc3)[C@@H](N(C)C)C2)n[nH]1. The van der Waals surface area contributed by atoms with Crippen molar-refractivity contribution >= 4 is 5.91 Å². The molecule has 0 saturated carbocycles. The lowest BCUT2D eigenvalue weighted by Gasteiger charge is -2.25. The molecule has 1 fully saturated rings. The van der Waals surface area contributed by atoms with E-state index in [1.165, 1.54) is 12.1 Å². The molecule has 1 aromatic carbocycles. The predicted octanol–water partition coefficient (Wildman–Crippen LogP) is 2.84. The van der Waals surface area contributed by atoms with Crippen molar-refractivity contribution in [2.45, 2.75) is 31.7 Å². The molecule has 0 bridgehead atoms. The number of H-pyrrole nitrogens is 1. The van der Waals surface area contributed by atoms with Gasteiger partial charge in [0.25, 0.3) is 5.91 Å². The van der Waals surface area contributed by atoms with E-state index in [1.807, 2.05) is 37.2 Å². The van der Waals surface area contributed by atoms with Gasteiger partial charge in [0.1, 0.15) is 11.5 Å². The number of carbonyl (C=O) groups excluding carboxylic acids is 1. The van der Waals surface area contributed by atoms with Gasteiger partial charge in [-0.15, -0.1) is 0 Å². The molecule has 1 saturated heterocycles. The highest BCUT2D eigenvalue weighted by atomic mass is 19.1. The molecule has 2 aromatic rings. The summed E-state index contributed by atoms with van der Waals surface area (Å²) in [6.07, 6.45) is 0. The summed E-state index contributed by atoms with van der Waals surface area (Å²) in [4.78, 5) is 16.8. The summed E-state index contributed by atoms with van der Waals surface area (Å²) in [5.74, 6) is 0.158. The monoisotopic (exact) mass is 344 g/mol. The fourth-order valence-electron chi connectivity index (χ4n) is 3.42. The highest BCUT2D eigenvalue weighted by Crippen LogP contribution is 2.31. The summed E-state index contributed by atoms with van der Waals surface area (Å²) in [5.41, 5.74) is 2.48. The molecule has 6 heteroatoms. The van der Waals surface area contributed by atoms with Crippen molar-refractivity contribution in [1.29, 1.82) is 0 Å².